The van der Waals surface area contributed by atoms with Gasteiger partial charge in [0.1, 0.15) is 0 Å². The molecule has 0 heterocycles. The second-order valence-electron chi connectivity index (χ2n) is 1.08. The van der Waals surface area contributed by atoms with Crippen LogP contribution in [0, 0.1) is 6.07 Å². The largest absolute Gasteiger partial charge is 0.0622 e. The molecule has 1 heteroatoms. The number of rotatable bonds is 0. The average Bonchev–Trinajstić information content (AvgIpc) is 1.72. The van der Waals surface area contributed by atoms with E-state index in [0.29, 0.717) is 0 Å². The van der Waals surface area contributed by atoms with Crippen molar-refractivity contribution in [3.63, 3.8) is 0 Å². The number of hydrogen-bond acceptors (Lipinski definition) is 0. The van der Waals surface area contributed by atoms with E-state index in [1.165, 1.54) is 0 Å². The standard InChI is InChI=1S/C6H5.Hg/c1-2-4-6-5-3-1;/h1-5H;. The molecular weight excluding hydrogens is 273 g/mol. The van der Waals surface area contributed by atoms with Gasteiger partial charge in [-0.15, -0.1) is 0 Å². The van der Waals surface area contributed by atoms with Crippen molar-refractivity contribution in [1.82, 2.24) is 0 Å². The summed E-state index contributed by atoms with van der Waals surface area (Å²) in [5, 5.41) is 0. The molecular formula is C6H5Hg. The van der Waals surface area contributed by atoms with Crippen molar-refractivity contribution in [3.8, 4) is 0 Å². The summed E-state index contributed by atoms with van der Waals surface area (Å²) in [7, 11) is 0. The average molecular weight is 278 g/mol. The molecule has 7 heavy (non-hydrogen) atoms. The Morgan fingerprint density at radius 1 is 0.857 bits per heavy atom. The van der Waals surface area contributed by atoms with Gasteiger partial charge in [0.2, 0.25) is 0 Å². The van der Waals surface area contributed by atoms with Crippen LogP contribution < -0.4 is 0 Å². The summed E-state index contributed by atoms with van der Waals surface area (Å²) >= 11 is 0. The molecule has 1 radical (unpaired) electrons. The van der Waals surface area contributed by atoms with Crippen molar-refractivity contribution in [3.05, 3.63) is 36.4 Å². The zero-order chi connectivity index (χ0) is 4.24. The number of hydrogen-bond donors (Lipinski definition) is 0. The zero-order valence-electron chi connectivity index (χ0n) is 4.09. The Bertz CT molecular complexity index is 76.1. The van der Waals surface area contributed by atoms with E-state index in [1.807, 2.05) is 30.3 Å². The summed E-state index contributed by atoms with van der Waals surface area (Å²) in [5.74, 6) is 0. The van der Waals surface area contributed by atoms with Gasteiger partial charge in [-0.25, -0.2) is 0 Å². The van der Waals surface area contributed by atoms with Gasteiger partial charge < -0.3 is 0 Å². The summed E-state index contributed by atoms with van der Waals surface area (Å²) in [4.78, 5) is 0. The summed E-state index contributed by atoms with van der Waals surface area (Å²) in [6.45, 7) is 0. The van der Waals surface area contributed by atoms with E-state index in [1.54, 1.807) is 0 Å². The third-order valence-electron chi connectivity index (χ3n) is 0.607. The van der Waals surface area contributed by atoms with Gasteiger partial charge in [0.15, 0.2) is 0 Å². The predicted molar refractivity (Wildman–Crippen MR) is 25.3 cm³/mol. The molecule has 0 nitrogen and oxygen atoms in total. The third-order valence-corrected chi connectivity index (χ3v) is 0.607. The van der Waals surface area contributed by atoms with Crippen LogP contribution in [0.2, 0.25) is 0 Å². The van der Waals surface area contributed by atoms with Gasteiger partial charge in [0, 0.05) is 27.7 Å². The summed E-state index contributed by atoms with van der Waals surface area (Å²) in [6.07, 6.45) is 0. The van der Waals surface area contributed by atoms with Crippen LogP contribution in [0.15, 0.2) is 30.3 Å². The van der Waals surface area contributed by atoms with Gasteiger partial charge in [-0.05, 0) is 6.07 Å². The van der Waals surface area contributed by atoms with Crippen LogP contribution in [0.1, 0.15) is 0 Å². The Morgan fingerprint density at radius 3 is 1.57 bits per heavy atom. The second-order valence-corrected chi connectivity index (χ2v) is 1.08. The van der Waals surface area contributed by atoms with E-state index < -0.39 is 0 Å². The SMILES string of the molecule is [Hg].[c]1ccccc1. The third kappa shape index (κ3) is 2.80. The van der Waals surface area contributed by atoms with Crippen molar-refractivity contribution in [2.45, 2.75) is 0 Å². The Labute approximate surface area is 64.1 Å². The zero-order valence-corrected chi connectivity index (χ0v) is 9.59. The first-order chi connectivity index (χ1) is 3.00. The molecule has 0 saturated heterocycles. The molecule has 0 amide bonds. The first-order valence-corrected chi connectivity index (χ1v) is 1.91. The topological polar surface area (TPSA) is 0 Å². The van der Waals surface area contributed by atoms with Gasteiger partial charge in [0.05, 0.1) is 0 Å². The van der Waals surface area contributed by atoms with E-state index >= 15 is 0 Å². The summed E-state index contributed by atoms with van der Waals surface area (Å²) < 4.78 is 0. The minimum atomic E-state index is 0. The van der Waals surface area contributed by atoms with E-state index in [-0.39, 0.29) is 27.7 Å². The molecule has 0 spiro atoms. The molecule has 0 aliphatic carbocycles. The van der Waals surface area contributed by atoms with Crippen LogP contribution in [-0.2, 0) is 27.7 Å². The van der Waals surface area contributed by atoms with Crippen LogP contribution >= 0.6 is 0 Å². The normalized spacial score (nSPS) is 6.86. The Balaban J connectivity index is 0.000000360. The van der Waals surface area contributed by atoms with E-state index in [9.17, 15) is 0 Å². The molecule has 1 aromatic rings. The molecule has 0 unspecified atom stereocenters. The van der Waals surface area contributed by atoms with Crippen molar-refractivity contribution < 1.29 is 27.7 Å². The predicted octanol–water partition coefficient (Wildman–Crippen LogP) is 1.48. The van der Waals surface area contributed by atoms with Crippen LogP contribution in [-0.4, -0.2) is 0 Å². The quantitative estimate of drug-likeness (QED) is 0.630. The Morgan fingerprint density at radius 2 is 1.43 bits per heavy atom. The molecule has 0 N–H and O–H groups in total. The molecule has 0 aromatic heterocycles. The fourth-order valence-corrected chi connectivity index (χ4v) is 0.342. The number of benzene rings is 1. The van der Waals surface area contributed by atoms with Gasteiger partial charge in [-0.1, -0.05) is 30.3 Å². The van der Waals surface area contributed by atoms with E-state index in [0.717, 1.165) is 0 Å². The molecule has 0 aliphatic heterocycles. The molecule has 0 fully saturated rings. The molecule has 0 atom stereocenters. The molecule has 0 aliphatic rings. The minimum Gasteiger partial charge on any atom is -0.0622 e. The first kappa shape index (κ1) is 7.16. The maximum atomic E-state index is 2.89. The molecule has 31 valence electrons. The van der Waals surface area contributed by atoms with Gasteiger partial charge >= 0.3 is 0 Å². The van der Waals surface area contributed by atoms with E-state index in [2.05, 4.69) is 6.07 Å². The van der Waals surface area contributed by atoms with Crippen LogP contribution in [0.5, 0.6) is 0 Å². The smallest absolute Gasteiger partial charge is 0 e. The molecule has 0 bridgehead atoms. The van der Waals surface area contributed by atoms with Gasteiger partial charge in [-0.3, -0.25) is 0 Å². The minimum absolute atomic E-state index is 0. The molecule has 1 aromatic carbocycles. The van der Waals surface area contributed by atoms with Gasteiger partial charge in [0.25, 0.3) is 0 Å². The molecule has 1 rings (SSSR count). The van der Waals surface area contributed by atoms with E-state index in [4.69, 9.17) is 0 Å². The van der Waals surface area contributed by atoms with Crippen LogP contribution in [0.25, 0.3) is 0 Å². The monoisotopic (exact) mass is 279 g/mol. The van der Waals surface area contributed by atoms with Gasteiger partial charge in [-0.2, -0.15) is 0 Å². The van der Waals surface area contributed by atoms with Crippen LogP contribution in [0.3, 0.4) is 0 Å². The maximum Gasteiger partial charge on any atom is 0 e. The van der Waals surface area contributed by atoms with Crippen molar-refractivity contribution in [2.75, 3.05) is 0 Å². The second kappa shape index (κ2) is 4.32. The van der Waals surface area contributed by atoms with Crippen LogP contribution in [0.4, 0.5) is 0 Å². The summed E-state index contributed by atoms with van der Waals surface area (Å²) in [6, 6.07) is 12.5. The fourth-order valence-electron chi connectivity index (χ4n) is 0.342. The Hall–Kier alpha value is 0.155. The van der Waals surface area contributed by atoms with Crippen molar-refractivity contribution in [1.29, 1.82) is 0 Å². The summed E-state index contributed by atoms with van der Waals surface area (Å²) in [5.41, 5.74) is 0. The van der Waals surface area contributed by atoms with Crippen molar-refractivity contribution >= 4 is 0 Å². The Kier molecular flexibility index (Phi) is 4.41. The molecule has 0 saturated carbocycles. The fraction of sp³-hybridized carbons (Fsp3) is 0. The van der Waals surface area contributed by atoms with Crippen molar-refractivity contribution in [2.24, 2.45) is 0 Å². The maximum absolute atomic E-state index is 2.89. The first-order valence-electron chi connectivity index (χ1n) is 1.91.